The van der Waals surface area contributed by atoms with E-state index in [2.05, 4.69) is 26.5 Å². The van der Waals surface area contributed by atoms with Crippen molar-refractivity contribution in [1.82, 2.24) is 9.62 Å². The van der Waals surface area contributed by atoms with Crippen LogP contribution in [0.2, 0.25) is 0 Å². The third-order valence-electron chi connectivity index (χ3n) is 4.55. The summed E-state index contributed by atoms with van der Waals surface area (Å²) in [5.74, 6) is 0.428. The Morgan fingerprint density at radius 3 is 2.59 bits per heavy atom. The highest BCUT2D eigenvalue weighted by atomic mass is 32.2. The fourth-order valence-corrected chi connectivity index (χ4v) is 3.67. The number of nitrogens with one attached hydrogen (secondary N) is 2. The molecule has 0 aliphatic carbocycles. The number of nitrogens with two attached hydrogens (primary N) is 2. The number of hydrogen-bond acceptors (Lipinski definition) is 6. The van der Waals surface area contributed by atoms with E-state index in [4.69, 9.17) is 11.5 Å². The fraction of sp³-hybridized carbons (Fsp3) is 0.292. The molecule has 0 amide bonds. The number of rotatable bonds is 11. The van der Waals surface area contributed by atoms with Gasteiger partial charge in [0.2, 0.25) is 0 Å². The molecule has 0 atom stereocenters. The lowest BCUT2D eigenvalue weighted by Crippen LogP contribution is -2.27. The van der Waals surface area contributed by atoms with E-state index < -0.39 is 0 Å². The molecule has 1 aromatic carbocycles. The highest BCUT2D eigenvalue weighted by Gasteiger charge is 2.10. The van der Waals surface area contributed by atoms with Gasteiger partial charge >= 0.3 is 0 Å². The minimum absolute atomic E-state index is 0.194. The van der Waals surface area contributed by atoms with Crippen LogP contribution in [0.4, 0.5) is 5.69 Å². The summed E-state index contributed by atoms with van der Waals surface area (Å²) >= 11 is 1.63. The summed E-state index contributed by atoms with van der Waals surface area (Å²) in [5, 5.41) is 12.4. The second-order valence-electron chi connectivity index (χ2n) is 7.36. The Labute approximate surface area is 195 Å². The molecule has 1 heterocycles. The van der Waals surface area contributed by atoms with Crippen LogP contribution in [0.1, 0.15) is 19.8 Å². The van der Waals surface area contributed by atoms with Crippen LogP contribution in [0.3, 0.4) is 0 Å². The van der Waals surface area contributed by atoms with Crippen LogP contribution in [-0.2, 0) is 0 Å². The van der Waals surface area contributed by atoms with Crippen LogP contribution in [0, 0.1) is 0 Å². The summed E-state index contributed by atoms with van der Waals surface area (Å²) in [6.07, 6.45) is 12.5. The molecular weight excluding hydrogens is 420 g/mol. The third kappa shape index (κ3) is 10.4. The van der Waals surface area contributed by atoms with Crippen LogP contribution >= 0.6 is 11.9 Å². The maximum Gasteiger partial charge on any atom is 0.197 e. The largest absolute Gasteiger partial charge is 0.513 e. The molecule has 7 nitrogen and oxygen atoms in total. The van der Waals surface area contributed by atoms with E-state index in [9.17, 15) is 5.11 Å². The average molecular weight is 455 g/mol. The first-order valence-electron chi connectivity index (χ1n) is 10.6. The smallest absolute Gasteiger partial charge is 0.197 e. The van der Waals surface area contributed by atoms with Gasteiger partial charge in [-0.15, -0.1) is 0 Å². The number of aliphatic hydroxyl groups is 1. The lowest BCUT2D eigenvalue weighted by Gasteiger charge is -2.14. The van der Waals surface area contributed by atoms with Crippen molar-refractivity contribution in [3.63, 3.8) is 0 Å². The molecule has 0 spiro atoms. The molecule has 0 aromatic heterocycles. The van der Waals surface area contributed by atoms with Gasteiger partial charge in [0.25, 0.3) is 0 Å². The van der Waals surface area contributed by atoms with Gasteiger partial charge in [0.15, 0.2) is 5.96 Å². The molecule has 0 unspecified atom stereocenters. The number of anilines is 1. The van der Waals surface area contributed by atoms with E-state index in [1.54, 1.807) is 49.3 Å². The normalized spacial score (nSPS) is 16.7. The number of aliphatic imine (C=N–C) groups is 1. The van der Waals surface area contributed by atoms with Crippen LogP contribution in [0.5, 0.6) is 0 Å². The van der Waals surface area contributed by atoms with Crippen molar-refractivity contribution in [2.75, 3.05) is 31.5 Å². The molecular formula is C24H34N6OS. The van der Waals surface area contributed by atoms with Gasteiger partial charge in [-0.2, -0.15) is 0 Å². The summed E-state index contributed by atoms with van der Waals surface area (Å²) in [4.78, 5) is 7.77. The molecule has 172 valence electrons. The molecule has 8 heteroatoms. The molecule has 1 fully saturated rings. The van der Waals surface area contributed by atoms with E-state index in [-0.39, 0.29) is 11.7 Å². The second kappa shape index (κ2) is 14.2. The van der Waals surface area contributed by atoms with Gasteiger partial charge in [-0.05, 0) is 86.8 Å². The highest BCUT2D eigenvalue weighted by Crippen LogP contribution is 2.17. The maximum absolute atomic E-state index is 9.40. The first-order chi connectivity index (χ1) is 15.5. The molecule has 1 saturated heterocycles. The number of nitrogens with zero attached hydrogens (tertiary/aromatic N) is 2. The van der Waals surface area contributed by atoms with Crippen LogP contribution in [0.25, 0.3) is 0 Å². The second-order valence-corrected chi connectivity index (χ2v) is 8.32. The van der Waals surface area contributed by atoms with Crippen molar-refractivity contribution in [1.29, 1.82) is 0 Å². The Kier molecular flexibility index (Phi) is 11.2. The van der Waals surface area contributed by atoms with Gasteiger partial charge in [-0.3, -0.25) is 4.72 Å². The summed E-state index contributed by atoms with van der Waals surface area (Å²) < 4.78 is 3.41. The number of allylic oxidation sites excluding steroid dienone is 7. The number of aliphatic hydroxyl groups excluding tert-OH is 1. The standard InChI is InChI=1S/C24H34N6OS/c1-3-6-20(17-19(2)31)7-8-21(25)18-27-24(26)29-22-9-11-23(12-10-22)32-28-13-16-30-14-4-5-15-30/h3,6-12,17-18,28,31H,1,4-5,13-16,25H2,2H3,(H3,26,27,29)/b8-7+,19-17+,20-6-,21-18-. The number of likely N-dealkylation sites (tertiary alicyclic amines) is 1. The predicted octanol–water partition coefficient (Wildman–Crippen LogP) is 4.04. The van der Waals surface area contributed by atoms with Gasteiger partial charge in [0, 0.05) is 23.7 Å². The molecule has 1 aliphatic rings. The van der Waals surface area contributed by atoms with Gasteiger partial charge in [-0.25, -0.2) is 4.99 Å². The molecule has 0 radical (unpaired) electrons. The molecule has 1 aliphatic heterocycles. The Bertz CT molecular complexity index is 876. The van der Waals surface area contributed by atoms with Crippen LogP contribution in [-0.4, -0.2) is 42.1 Å². The van der Waals surface area contributed by atoms with Gasteiger partial charge < -0.3 is 26.8 Å². The summed E-state index contributed by atoms with van der Waals surface area (Å²) in [6, 6.07) is 7.96. The zero-order chi connectivity index (χ0) is 23.2. The molecule has 2 rings (SSSR count). The van der Waals surface area contributed by atoms with Crippen LogP contribution in [0.15, 0.2) is 94.3 Å². The zero-order valence-corrected chi connectivity index (χ0v) is 19.4. The van der Waals surface area contributed by atoms with E-state index in [1.165, 1.54) is 32.1 Å². The minimum atomic E-state index is 0.194. The zero-order valence-electron chi connectivity index (χ0n) is 18.6. The Hall–Kier alpha value is -2.94. The summed E-state index contributed by atoms with van der Waals surface area (Å²) in [5.41, 5.74) is 13.9. The maximum atomic E-state index is 9.40. The Balaban J connectivity index is 1.80. The SMILES string of the molecule is C=C/C=C(/C=C/C(N)=C/N=C(N)Nc1ccc(SNCCN2CCCC2)cc1)\C=C(/C)O. The summed E-state index contributed by atoms with van der Waals surface area (Å²) in [7, 11) is 0. The lowest BCUT2D eigenvalue weighted by molar-refractivity contribution is 0.345. The van der Waals surface area contributed by atoms with Crippen LogP contribution < -0.4 is 21.5 Å². The van der Waals surface area contributed by atoms with E-state index in [0.29, 0.717) is 5.70 Å². The van der Waals surface area contributed by atoms with Crippen molar-refractivity contribution in [2.45, 2.75) is 24.7 Å². The van der Waals surface area contributed by atoms with Crippen molar-refractivity contribution < 1.29 is 5.11 Å². The quantitative estimate of drug-likeness (QED) is 0.0857. The van der Waals surface area contributed by atoms with Crippen molar-refractivity contribution in [2.24, 2.45) is 16.5 Å². The van der Waals surface area contributed by atoms with Gasteiger partial charge in [0.1, 0.15) is 0 Å². The molecule has 32 heavy (non-hydrogen) atoms. The highest BCUT2D eigenvalue weighted by molar-refractivity contribution is 7.97. The molecule has 0 saturated carbocycles. The van der Waals surface area contributed by atoms with E-state index >= 15 is 0 Å². The Morgan fingerprint density at radius 2 is 1.94 bits per heavy atom. The van der Waals surface area contributed by atoms with E-state index in [1.807, 2.05) is 24.3 Å². The minimum Gasteiger partial charge on any atom is -0.513 e. The monoisotopic (exact) mass is 454 g/mol. The lowest BCUT2D eigenvalue weighted by atomic mass is 10.2. The van der Waals surface area contributed by atoms with Gasteiger partial charge in [0.05, 0.1) is 17.7 Å². The predicted molar refractivity (Wildman–Crippen MR) is 137 cm³/mol. The van der Waals surface area contributed by atoms with Crippen molar-refractivity contribution in [3.8, 4) is 0 Å². The molecule has 0 bridgehead atoms. The fourth-order valence-electron chi connectivity index (χ4n) is 3.04. The van der Waals surface area contributed by atoms with Gasteiger partial charge in [-0.1, -0.05) is 24.8 Å². The molecule has 7 N–H and O–H groups in total. The Morgan fingerprint density at radius 1 is 1.22 bits per heavy atom. The first-order valence-corrected chi connectivity index (χ1v) is 11.4. The molecule has 1 aromatic rings. The average Bonchev–Trinajstić information content (AvgIpc) is 3.28. The van der Waals surface area contributed by atoms with Crippen molar-refractivity contribution >= 4 is 23.6 Å². The van der Waals surface area contributed by atoms with Crippen molar-refractivity contribution in [3.05, 3.63) is 84.5 Å². The topological polar surface area (TPSA) is 112 Å². The number of benzene rings is 1. The number of guanidine groups is 1. The third-order valence-corrected chi connectivity index (χ3v) is 5.41. The first kappa shape index (κ1) is 25.3. The number of hydrogen-bond donors (Lipinski definition) is 5. The summed E-state index contributed by atoms with van der Waals surface area (Å²) in [6.45, 7) is 9.75. The van der Waals surface area contributed by atoms with E-state index in [0.717, 1.165) is 29.2 Å².